The molecular weight excluding hydrogens is 335 g/mol. The van der Waals surface area contributed by atoms with Gasteiger partial charge in [-0.05, 0) is 37.5 Å². The maximum Gasteiger partial charge on any atom is 0.421 e. The number of benzene rings is 1. The third kappa shape index (κ3) is 3.02. The number of carbonyl (C=O) groups is 2. The van der Waals surface area contributed by atoms with Crippen molar-refractivity contribution in [1.29, 1.82) is 0 Å². The Morgan fingerprint density at radius 3 is 2.65 bits per heavy atom. The fraction of sp³-hybridized carbons (Fsp3) is 0.467. The van der Waals surface area contributed by atoms with Gasteiger partial charge in [-0.1, -0.05) is 6.07 Å². The Morgan fingerprint density at radius 2 is 1.96 bits per heavy atom. The van der Waals surface area contributed by atoms with Crippen LogP contribution in [0.4, 0.5) is 23.7 Å². The van der Waals surface area contributed by atoms with Crippen molar-refractivity contribution in [1.82, 2.24) is 0 Å². The van der Waals surface area contributed by atoms with E-state index in [0.717, 1.165) is 18.2 Å². The number of carbonyl (C=O) groups excluding carboxylic acids is 2. The number of imide groups is 1. The first-order chi connectivity index (χ1) is 10.8. The zero-order chi connectivity index (χ0) is 16.8. The van der Waals surface area contributed by atoms with E-state index in [1.807, 2.05) is 0 Å². The summed E-state index contributed by atoms with van der Waals surface area (Å²) in [5.41, 5.74) is -1.08. The minimum atomic E-state index is -4.56. The van der Waals surface area contributed by atoms with Crippen LogP contribution in [0.2, 0.25) is 0 Å². The topological polar surface area (TPSA) is 46.6 Å². The number of rotatable bonds is 1. The van der Waals surface area contributed by atoms with Gasteiger partial charge in [0.1, 0.15) is 6.10 Å². The number of anilines is 1. The second-order valence-corrected chi connectivity index (χ2v) is 6.28. The first kappa shape index (κ1) is 16.1. The molecule has 1 heterocycles. The van der Waals surface area contributed by atoms with E-state index in [-0.39, 0.29) is 11.1 Å². The van der Waals surface area contributed by atoms with E-state index in [2.05, 4.69) is 0 Å². The van der Waals surface area contributed by atoms with Crippen molar-refractivity contribution in [2.45, 2.75) is 36.9 Å². The highest BCUT2D eigenvalue weighted by Gasteiger charge is 2.46. The highest BCUT2D eigenvalue weighted by molar-refractivity contribution is 6.21. The minimum Gasteiger partial charge on any atom is -0.445 e. The summed E-state index contributed by atoms with van der Waals surface area (Å²) in [4.78, 5) is 25.3. The van der Waals surface area contributed by atoms with E-state index in [1.165, 1.54) is 6.07 Å². The molecule has 0 bridgehead atoms. The third-order valence-corrected chi connectivity index (χ3v) is 4.52. The molecule has 1 saturated heterocycles. The Hall–Kier alpha value is -1.76. The molecule has 2 fully saturated rings. The van der Waals surface area contributed by atoms with Crippen LogP contribution >= 0.6 is 11.6 Å². The smallest absolute Gasteiger partial charge is 0.421 e. The van der Waals surface area contributed by atoms with Gasteiger partial charge in [0.05, 0.1) is 17.2 Å². The molecule has 3 atom stereocenters. The summed E-state index contributed by atoms with van der Waals surface area (Å²) in [6.45, 7) is 0. The summed E-state index contributed by atoms with van der Waals surface area (Å²) in [6.07, 6.45) is -4.60. The van der Waals surface area contributed by atoms with E-state index in [4.69, 9.17) is 16.3 Å². The standard InChI is InChI=1S/C15H13ClF3NO3/c16-9-4-5-12-11(7-9)13(21)20(14(22)23-12)10-3-1-2-8(6-10)15(17,18)19/h1-3,6,9,11-12H,4-5,7H2. The highest BCUT2D eigenvalue weighted by atomic mass is 35.5. The molecule has 1 aromatic carbocycles. The summed E-state index contributed by atoms with van der Waals surface area (Å²) < 4.78 is 43.7. The molecule has 1 aromatic rings. The average Bonchev–Trinajstić information content (AvgIpc) is 2.48. The molecule has 2 amide bonds. The van der Waals surface area contributed by atoms with E-state index in [0.29, 0.717) is 24.2 Å². The predicted molar refractivity (Wildman–Crippen MR) is 76.2 cm³/mol. The van der Waals surface area contributed by atoms with Gasteiger partial charge in [-0.25, -0.2) is 9.69 Å². The van der Waals surface area contributed by atoms with Gasteiger partial charge in [0.2, 0.25) is 5.91 Å². The summed E-state index contributed by atoms with van der Waals surface area (Å²) in [6, 6.07) is 4.06. The van der Waals surface area contributed by atoms with Crippen molar-refractivity contribution >= 4 is 29.3 Å². The van der Waals surface area contributed by atoms with Crippen molar-refractivity contribution in [3.63, 3.8) is 0 Å². The molecular formula is C15H13ClF3NO3. The van der Waals surface area contributed by atoms with Crippen LogP contribution in [0.1, 0.15) is 24.8 Å². The van der Waals surface area contributed by atoms with Crippen LogP contribution in [0.5, 0.6) is 0 Å². The zero-order valence-electron chi connectivity index (χ0n) is 11.8. The van der Waals surface area contributed by atoms with Gasteiger partial charge >= 0.3 is 12.3 Å². The molecule has 0 aromatic heterocycles. The molecule has 8 heteroatoms. The molecule has 0 radical (unpaired) electrons. The van der Waals surface area contributed by atoms with Crippen molar-refractivity contribution in [2.75, 3.05) is 4.90 Å². The molecule has 3 rings (SSSR count). The number of ether oxygens (including phenoxy) is 1. The van der Waals surface area contributed by atoms with E-state index in [9.17, 15) is 22.8 Å². The van der Waals surface area contributed by atoms with E-state index < -0.39 is 35.8 Å². The number of amides is 2. The van der Waals surface area contributed by atoms with Gasteiger partial charge in [0.25, 0.3) is 0 Å². The van der Waals surface area contributed by atoms with Crippen molar-refractivity contribution < 1.29 is 27.5 Å². The Morgan fingerprint density at radius 1 is 1.22 bits per heavy atom. The van der Waals surface area contributed by atoms with Crippen LogP contribution in [0.25, 0.3) is 0 Å². The van der Waals surface area contributed by atoms with Gasteiger partial charge in [-0.3, -0.25) is 4.79 Å². The zero-order valence-corrected chi connectivity index (χ0v) is 12.6. The van der Waals surface area contributed by atoms with Gasteiger partial charge in [-0.2, -0.15) is 13.2 Å². The SMILES string of the molecule is O=C1OC2CCC(Cl)CC2C(=O)N1c1cccc(C(F)(F)F)c1. The minimum absolute atomic E-state index is 0.148. The first-order valence-electron chi connectivity index (χ1n) is 7.13. The van der Waals surface area contributed by atoms with Crippen LogP contribution in [0.3, 0.4) is 0 Å². The predicted octanol–water partition coefficient (Wildman–Crippen LogP) is 3.96. The number of fused-ring (bicyclic) bond motifs is 1. The maximum atomic E-state index is 12.8. The Balaban J connectivity index is 1.93. The molecule has 1 aliphatic heterocycles. The van der Waals surface area contributed by atoms with Crippen LogP contribution < -0.4 is 4.90 Å². The number of hydrogen-bond acceptors (Lipinski definition) is 3. The molecule has 0 N–H and O–H groups in total. The molecule has 1 saturated carbocycles. The Labute approximate surface area is 135 Å². The maximum absolute atomic E-state index is 12.8. The lowest BCUT2D eigenvalue weighted by Gasteiger charge is -2.40. The highest BCUT2D eigenvalue weighted by Crippen LogP contribution is 2.38. The molecule has 4 nitrogen and oxygen atoms in total. The summed E-state index contributed by atoms with van der Waals surface area (Å²) >= 11 is 6.06. The van der Waals surface area contributed by atoms with E-state index >= 15 is 0 Å². The quantitative estimate of drug-likeness (QED) is 0.722. The molecule has 1 aliphatic carbocycles. The number of halogens is 4. The van der Waals surface area contributed by atoms with Gasteiger partial charge in [0.15, 0.2) is 0 Å². The lowest BCUT2D eigenvalue weighted by Crippen LogP contribution is -2.54. The summed E-state index contributed by atoms with van der Waals surface area (Å²) in [7, 11) is 0. The first-order valence-corrected chi connectivity index (χ1v) is 7.57. The fourth-order valence-corrected chi connectivity index (χ4v) is 3.30. The average molecular weight is 348 g/mol. The summed E-state index contributed by atoms with van der Waals surface area (Å²) in [5, 5.41) is -0.208. The second kappa shape index (κ2) is 5.70. The molecule has 0 spiro atoms. The van der Waals surface area contributed by atoms with Crippen LogP contribution in [0, 0.1) is 5.92 Å². The third-order valence-electron chi connectivity index (χ3n) is 4.13. The van der Waals surface area contributed by atoms with Crippen LogP contribution in [-0.4, -0.2) is 23.5 Å². The van der Waals surface area contributed by atoms with Crippen molar-refractivity contribution in [2.24, 2.45) is 5.92 Å². The number of nitrogens with zero attached hydrogens (tertiary/aromatic N) is 1. The van der Waals surface area contributed by atoms with Gasteiger partial charge in [-0.15, -0.1) is 11.6 Å². The van der Waals surface area contributed by atoms with E-state index in [1.54, 1.807) is 0 Å². The number of hydrogen-bond donors (Lipinski definition) is 0. The monoisotopic (exact) mass is 347 g/mol. The lowest BCUT2D eigenvalue weighted by atomic mass is 9.84. The lowest BCUT2D eigenvalue weighted by molar-refractivity contribution is -0.137. The largest absolute Gasteiger partial charge is 0.445 e. The van der Waals surface area contributed by atoms with Gasteiger partial charge < -0.3 is 4.74 Å². The number of alkyl halides is 4. The fourth-order valence-electron chi connectivity index (χ4n) is 2.98. The van der Waals surface area contributed by atoms with Crippen molar-refractivity contribution in [3.8, 4) is 0 Å². The molecule has 3 unspecified atom stereocenters. The van der Waals surface area contributed by atoms with Gasteiger partial charge in [0, 0.05) is 5.38 Å². The molecule has 2 aliphatic rings. The normalized spacial score (nSPS) is 28.3. The Kier molecular flexibility index (Phi) is 4.00. The van der Waals surface area contributed by atoms with Crippen LogP contribution in [0.15, 0.2) is 24.3 Å². The molecule has 23 heavy (non-hydrogen) atoms. The molecule has 124 valence electrons. The Bertz CT molecular complexity index is 649. The van der Waals surface area contributed by atoms with Crippen LogP contribution in [-0.2, 0) is 15.7 Å². The second-order valence-electron chi connectivity index (χ2n) is 5.66. The van der Waals surface area contributed by atoms with Crippen molar-refractivity contribution in [3.05, 3.63) is 29.8 Å². The summed E-state index contributed by atoms with van der Waals surface area (Å²) in [5.74, 6) is -1.17.